The van der Waals surface area contributed by atoms with E-state index in [1.807, 2.05) is 12.1 Å². The standard InChI is InChI=1S/C16H13NO4/c1-20-15(18)9-5-3-7-11-13(9)14-10(16(19)21-2)6-4-8-12(14)17-11/h3-8,17H,1-2H3. The second-order valence-corrected chi connectivity index (χ2v) is 4.56. The number of rotatable bonds is 2. The highest BCUT2D eigenvalue weighted by atomic mass is 16.5. The Hall–Kier alpha value is -2.82. The number of hydrogen-bond acceptors (Lipinski definition) is 4. The molecule has 5 heteroatoms. The zero-order chi connectivity index (χ0) is 15.0. The number of carbonyl (C=O) groups excluding carboxylic acids is 2. The van der Waals surface area contributed by atoms with E-state index in [4.69, 9.17) is 9.47 Å². The van der Waals surface area contributed by atoms with Crippen molar-refractivity contribution in [3.05, 3.63) is 47.5 Å². The molecule has 1 N–H and O–H groups in total. The number of benzene rings is 2. The Labute approximate surface area is 120 Å². The molecule has 1 aromatic heterocycles. The zero-order valence-corrected chi connectivity index (χ0v) is 11.6. The average Bonchev–Trinajstić information content (AvgIpc) is 2.91. The van der Waals surface area contributed by atoms with Crippen LogP contribution in [0.4, 0.5) is 0 Å². The molecular weight excluding hydrogens is 270 g/mol. The molecule has 3 aromatic rings. The van der Waals surface area contributed by atoms with Gasteiger partial charge in [-0.15, -0.1) is 0 Å². The maximum Gasteiger partial charge on any atom is 0.338 e. The van der Waals surface area contributed by atoms with Crippen LogP contribution in [0, 0.1) is 0 Å². The number of nitrogens with one attached hydrogen (secondary N) is 1. The molecule has 0 saturated heterocycles. The average molecular weight is 283 g/mol. The van der Waals surface area contributed by atoms with Gasteiger partial charge in [0.1, 0.15) is 0 Å². The molecule has 0 unspecified atom stereocenters. The predicted molar refractivity (Wildman–Crippen MR) is 78.5 cm³/mol. The summed E-state index contributed by atoms with van der Waals surface area (Å²) >= 11 is 0. The Kier molecular flexibility index (Phi) is 3.10. The van der Waals surface area contributed by atoms with Gasteiger partial charge in [0.25, 0.3) is 0 Å². The Morgan fingerprint density at radius 2 is 1.24 bits per heavy atom. The van der Waals surface area contributed by atoms with Crippen molar-refractivity contribution < 1.29 is 19.1 Å². The molecule has 1 heterocycles. The van der Waals surface area contributed by atoms with E-state index in [-0.39, 0.29) is 0 Å². The topological polar surface area (TPSA) is 68.4 Å². The number of H-pyrrole nitrogens is 1. The first kappa shape index (κ1) is 13.2. The Morgan fingerprint density at radius 3 is 1.62 bits per heavy atom. The van der Waals surface area contributed by atoms with Crippen LogP contribution in [0.3, 0.4) is 0 Å². The second-order valence-electron chi connectivity index (χ2n) is 4.56. The summed E-state index contributed by atoms with van der Waals surface area (Å²) in [6, 6.07) is 10.6. The first-order valence-electron chi connectivity index (χ1n) is 6.37. The second kappa shape index (κ2) is 4.94. The minimum atomic E-state index is -0.443. The van der Waals surface area contributed by atoms with Gasteiger partial charge in [-0.25, -0.2) is 9.59 Å². The molecule has 0 atom stereocenters. The van der Waals surface area contributed by atoms with E-state index in [0.717, 1.165) is 11.0 Å². The van der Waals surface area contributed by atoms with Crippen molar-refractivity contribution in [2.24, 2.45) is 0 Å². The predicted octanol–water partition coefficient (Wildman–Crippen LogP) is 2.89. The van der Waals surface area contributed by atoms with Crippen molar-refractivity contribution in [3.63, 3.8) is 0 Å². The van der Waals surface area contributed by atoms with Gasteiger partial charge >= 0.3 is 11.9 Å². The largest absolute Gasteiger partial charge is 0.465 e. The van der Waals surface area contributed by atoms with Crippen LogP contribution in [0.15, 0.2) is 36.4 Å². The highest BCUT2D eigenvalue weighted by Gasteiger charge is 2.19. The molecule has 2 aromatic carbocycles. The molecule has 0 aliphatic carbocycles. The van der Waals surface area contributed by atoms with Crippen LogP contribution < -0.4 is 0 Å². The third-order valence-corrected chi connectivity index (χ3v) is 3.46. The number of fused-ring (bicyclic) bond motifs is 3. The molecule has 0 spiro atoms. The van der Waals surface area contributed by atoms with Gasteiger partial charge in [0, 0.05) is 21.8 Å². The van der Waals surface area contributed by atoms with Crippen LogP contribution in [-0.2, 0) is 9.47 Å². The number of hydrogen-bond donors (Lipinski definition) is 1. The van der Waals surface area contributed by atoms with E-state index >= 15 is 0 Å². The SMILES string of the molecule is COC(=O)c1cccc2[nH]c3cccc(C(=O)OC)c3c12. The van der Waals surface area contributed by atoms with E-state index in [0.29, 0.717) is 21.9 Å². The van der Waals surface area contributed by atoms with Crippen molar-refractivity contribution in [2.45, 2.75) is 0 Å². The lowest BCUT2D eigenvalue weighted by molar-refractivity contribution is 0.0592. The summed E-state index contributed by atoms with van der Waals surface area (Å²) in [5.74, 6) is -0.887. The highest BCUT2D eigenvalue weighted by Crippen LogP contribution is 2.31. The van der Waals surface area contributed by atoms with Crippen molar-refractivity contribution in [2.75, 3.05) is 14.2 Å². The fraction of sp³-hybridized carbons (Fsp3) is 0.125. The van der Waals surface area contributed by atoms with E-state index in [2.05, 4.69) is 4.98 Å². The van der Waals surface area contributed by atoms with Crippen molar-refractivity contribution in [1.29, 1.82) is 0 Å². The third kappa shape index (κ3) is 1.94. The zero-order valence-electron chi connectivity index (χ0n) is 11.6. The maximum atomic E-state index is 12.0. The van der Waals surface area contributed by atoms with E-state index < -0.39 is 11.9 Å². The molecule has 0 radical (unpaired) electrons. The fourth-order valence-electron chi connectivity index (χ4n) is 2.56. The number of esters is 2. The minimum Gasteiger partial charge on any atom is -0.465 e. The summed E-state index contributed by atoms with van der Waals surface area (Å²) in [5.41, 5.74) is 2.36. The smallest absolute Gasteiger partial charge is 0.338 e. The molecule has 21 heavy (non-hydrogen) atoms. The summed E-state index contributed by atoms with van der Waals surface area (Å²) in [6.45, 7) is 0. The number of carbonyl (C=O) groups is 2. The van der Waals surface area contributed by atoms with E-state index in [9.17, 15) is 9.59 Å². The molecular formula is C16H13NO4. The van der Waals surface area contributed by atoms with Crippen LogP contribution in [0.2, 0.25) is 0 Å². The monoisotopic (exact) mass is 283 g/mol. The normalized spacial score (nSPS) is 10.8. The summed E-state index contributed by atoms with van der Waals surface area (Å²) in [7, 11) is 2.66. The Bertz CT molecular complexity index is 793. The van der Waals surface area contributed by atoms with Crippen LogP contribution in [0.5, 0.6) is 0 Å². The van der Waals surface area contributed by atoms with E-state index in [1.165, 1.54) is 14.2 Å². The molecule has 0 aliphatic rings. The van der Waals surface area contributed by atoms with Gasteiger partial charge in [0.2, 0.25) is 0 Å². The molecule has 5 nitrogen and oxygen atoms in total. The minimum absolute atomic E-state index is 0.414. The van der Waals surface area contributed by atoms with Crippen molar-refractivity contribution >= 4 is 33.7 Å². The third-order valence-electron chi connectivity index (χ3n) is 3.46. The molecule has 106 valence electrons. The summed E-state index contributed by atoms with van der Waals surface area (Å²) < 4.78 is 9.64. The fourth-order valence-corrected chi connectivity index (χ4v) is 2.56. The van der Waals surface area contributed by atoms with Gasteiger partial charge in [0.15, 0.2) is 0 Å². The first-order valence-corrected chi connectivity index (χ1v) is 6.37. The molecule has 0 aliphatic heterocycles. The van der Waals surface area contributed by atoms with Crippen LogP contribution in [0.25, 0.3) is 21.8 Å². The van der Waals surface area contributed by atoms with Gasteiger partial charge in [-0.3, -0.25) is 0 Å². The van der Waals surface area contributed by atoms with Crippen LogP contribution in [-0.4, -0.2) is 31.1 Å². The van der Waals surface area contributed by atoms with Gasteiger partial charge in [-0.1, -0.05) is 12.1 Å². The maximum absolute atomic E-state index is 12.0. The van der Waals surface area contributed by atoms with Crippen molar-refractivity contribution in [3.8, 4) is 0 Å². The summed E-state index contributed by atoms with van der Waals surface area (Å²) in [5, 5.41) is 1.33. The summed E-state index contributed by atoms with van der Waals surface area (Å²) in [6.07, 6.45) is 0. The first-order chi connectivity index (χ1) is 10.2. The molecule has 0 saturated carbocycles. The number of aromatic amines is 1. The van der Waals surface area contributed by atoms with E-state index in [1.54, 1.807) is 24.3 Å². The molecule has 0 amide bonds. The Balaban J connectivity index is 2.48. The Morgan fingerprint density at radius 1 is 0.810 bits per heavy atom. The highest BCUT2D eigenvalue weighted by molar-refractivity contribution is 6.21. The van der Waals surface area contributed by atoms with Gasteiger partial charge in [0.05, 0.1) is 25.3 Å². The van der Waals surface area contributed by atoms with Crippen molar-refractivity contribution in [1.82, 2.24) is 4.98 Å². The summed E-state index contributed by atoms with van der Waals surface area (Å²) in [4.78, 5) is 27.1. The van der Waals surface area contributed by atoms with Gasteiger partial charge < -0.3 is 14.5 Å². The lowest BCUT2D eigenvalue weighted by Crippen LogP contribution is -2.04. The van der Waals surface area contributed by atoms with Crippen LogP contribution >= 0.6 is 0 Å². The van der Waals surface area contributed by atoms with Crippen LogP contribution in [0.1, 0.15) is 20.7 Å². The number of methoxy groups -OCH3 is 2. The molecule has 0 fully saturated rings. The quantitative estimate of drug-likeness (QED) is 0.734. The van der Waals surface area contributed by atoms with Gasteiger partial charge in [-0.05, 0) is 24.3 Å². The molecule has 3 rings (SSSR count). The van der Waals surface area contributed by atoms with Gasteiger partial charge in [-0.2, -0.15) is 0 Å². The molecule has 0 bridgehead atoms. The number of ether oxygens (including phenoxy) is 2. The number of aromatic nitrogens is 1. The lowest BCUT2D eigenvalue weighted by atomic mass is 10.0. The lowest BCUT2D eigenvalue weighted by Gasteiger charge is -2.04.